The summed E-state index contributed by atoms with van der Waals surface area (Å²) in [7, 11) is 0. The Morgan fingerprint density at radius 2 is 0.560 bits per heavy atom. The largest absolute Gasteiger partial charge is 0.394 e. The van der Waals surface area contributed by atoms with Crippen molar-refractivity contribution in [2.75, 3.05) is 46.2 Å². The lowest BCUT2D eigenvalue weighted by Gasteiger charge is -2.49. The number of hydrogen-bond donors (Lipinski definition) is 19. The van der Waals surface area contributed by atoms with Crippen molar-refractivity contribution in [1.29, 1.82) is 0 Å². The molecule has 29 unspecified atom stereocenters. The predicted molar refractivity (Wildman–Crippen MR) is 236 cm³/mol. The number of ether oxygens (including phenoxy) is 12. The van der Waals surface area contributed by atoms with E-state index < -0.39 is 224 Å². The molecule has 440 valence electrons. The monoisotopic (exact) mass is 1100 g/mol. The number of unbranched alkanes of at least 4 members (excludes halogenated alkanes) is 5. The minimum Gasteiger partial charge on any atom is -0.394 e. The second-order valence-corrected chi connectivity index (χ2v) is 19.5. The maximum absolute atomic E-state index is 11.9. The first-order valence-corrected chi connectivity index (χ1v) is 25.1. The molecule has 0 saturated carbocycles. The minimum absolute atomic E-state index is 0.0300. The third-order valence-corrected chi connectivity index (χ3v) is 14.2. The molecule has 0 bridgehead atoms. The van der Waals surface area contributed by atoms with Crippen molar-refractivity contribution in [1.82, 2.24) is 0 Å². The van der Waals surface area contributed by atoms with E-state index >= 15 is 0 Å². The molecule has 0 aliphatic carbocycles. The molecule has 6 heterocycles. The van der Waals surface area contributed by atoms with Crippen LogP contribution in [0.4, 0.5) is 0 Å². The van der Waals surface area contributed by atoms with E-state index in [1.165, 1.54) is 0 Å². The molecule has 0 spiro atoms. The van der Waals surface area contributed by atoms with Crippen molar-refractivity contribution >= 4 is 0 Å². The van der Waals surface area contributed by atoms with Crippen LogP contribution in [0.5, 0.6) is 0 Å². The summed E-state index contributed by atoms with van der Waals surface area (Å²) in [6.07, 6.45) is -51.1. The lowest BCUT2D eigenvalue weighted by atomic mass is 9.95. The van der Waals surface area contributed by atoms with E-state index in [2.05, 4.69) is 6.92 Å². The molecule has 0 aromatic heterocycles. The van der Waals surface area contributed by atoms with Gasteiger partial charge < -0.3 is 154 Å². The summed E-state index contributed by atoms with van der Waals surface area (Å²) in [5.74, 6) is 0. The highest BCUT2D eigenvalue weighted by molar-refractivity contribution is 4.99. The number of aliphatic hydroxyl groups excluding tert-OH is 19. The van der Waals surface area contributed by atoms with Gasteiger partial charge in [-0.25, -0.2) is 0 Å². The molecule has 0 amide bonds. The van der Waals surface area contributed by atoms with E-state index in [-0.39, 0.29) is 6.61 Å². The molecule has 0 aromatic rings. The van der Waals surface area contributed by atoms with E-state index in [0.29, 0.717) is 6.42 Å². The van der Waals surface area contributed by atoms with Gasteiger partial charge in [0.2, 0.25) is 0 Å². The number of hydrogen-bond acceptors (Lipinski definition) is 31. The van der Waals surface area contributed by atoms with E-state index in [4.69, 9.17) is 56.8 Å². The molecule has 31 heteroatoms. The van der Waals surface area contributed by atoms with Gasteiger partial charge in [0.25, 0.3) is 0 Å². The van der Waals surface area contributed by atoms with Crippen molar-refractivity contribution in [3.8, 4) is 0 Å². The SMILES string of the molecule is CCCCCCCCOC1OC(COC2OC(CO)C(O)C(O)C2O)C(O)C(OC2OC(CO)C(O)C(OC3OC(COC4OC(CO)C(O)C(O)C4O)[C@H](O)C(OC4OC(CO)C(O)C(O)C4O)C3O)C2O)C1O. The third-order valence-electron chi connectivity index (χ3n) is 14.2. The molecule has 0 radical (unpaired) electrons. The molecule has 19 N–H and O–H groups in total. The summed E-state index contributed by atoms with van der Waals surface area (Å²) in [6.45, 7) is -3.04. The molecule has 6 aliphatic heterocycles. The van der Waals surface area contributed by atoms with Crippen LogP contribution < -0.4 is 0 Å². The Bertz CT molecular complexity index is 1640. The first-order valence-electron chi connectivity index (χ1n) is 25.1. The Morgan fingerprint density at radius 3 is 0.960 bits per heavy atom. The van der Waals surface area contributed by atoms with Gasteiger partial charge in [0.1, 0.15) is 146 Å². The molecular weight excluding hydrogens is 1020 g/mol. The maximum atomic E-state index is 11.9. The third kappa shape index (κ3) is 14.6. The normalized spacial score (nSPS) is 49.0. The van der Waals surface area contributed by atoms with Crippen LogP contribution in [0, 0.1) is 0 Å². The van der Waals surface area contributed by atoms with Crippen molar-refractivity contribution in [2.24, 2.45) is 0 Å². The van der Waals surface area contributed by atoms with Crippen molar-refractivity contribution in [3.05, 3.63) is 0 Å². The first-order chi connectivity index (χ1) is 35.7. The van der Waals surface area contributed by atoms with Crippen LogP contribution in [0.2, 0.25) is 0 Å². The Balaban J connectivity index is 1.23. The summed E-state index contributed by atoms with van der Waals surface area (Å²) in [5.41, 5.74) is 0. The van der Waals surface area contributed by atoms with Gasteiger partial charge in [-0.2, -0.15) is 0 Å². The van der Waals surface area contributed by atoms with Gasteiger partial charge >= 0.3 is 0 Å². The van der Waals surface area contributed by atoms with E-state index in [9.17, 15) is 97.0 Å². The lowest BCUT2D eigenvalue weighted by molar-refractivity contribution is -0.394. The minimum atomic E-state index is -2.25. The molecule has 75 heavy (non-hydrogen) atoms. The highest BCUT2D eigenvalue weighted by atomic mass is 16.8. The molecule has 6 aliphatic rings. The van der Waals surface area contributed by atoms with Crippen molar-refractivity contribution in [2.45, 2.75) is 230 Å². The van der Waals surface area contributed by atoms with Crippen LogP contribution in [-0.2, 0) is 56.8 Å². The smallest absolute Gasteiger partial charge is 0.187 e. The summed E-state index contributed by atoms with van der Waals surface area (Å²) < 4.78 is 68.4. The molecular formula is C44H78O31. The Labute approximate surface area is 429 Å². The van der Waals surface area contributed by atoms with E-state index in [0.717, 1.165) is 32.1 Å². The first kappa shape index (κ1) is 62.9. The Hall–Kier alpha value is -1.24. The zero-order valence-corrected chi connectivity index (χ0v) is 40.9. The second-order valence-electron chi connectivity index (χ2n) is 19.5. The Kier molecular flexibility index (Phi) is 24.3. The fourth-order valence-electron chi connectivity index (χ4n) is 9.49. The van der Waals surface area contributed by atoms with Crippen LogP contribution in [0.1, 0.15) is 45.4 Å². The van der Waals surface area contributed by atoms with Crippen LogP contribution in [-0.4, -0.2) is 328 Å². The van der Waals surface area contributed by atoms with Gasteiger partial charge in [-0.05, 0) is 6.42 Å². The van der Waals surface area contributed by atoms with E-state index in [1.54, 1.807) is 0 Å². The van der Waals surface area contributed by atoms with Crippen molar-refractivity contribution in [3.63, 3.8) is 0 Å². The summed E-state index contributed by atoms with van der Waals surface area (Å²) >= 11 is 0. The van der Waals surface area contributed by atoms with Crippen LogP contribution in [0.3, 0.4) is 0 Å². The molecule has 6 saturated heterocycles. The quantitative estimate of drug-likeness (QED) is 0.0399. The van der Waals surface area contributed by atoms with Gasteiger partial charge in [-0.15, -0.1) is 0 Å². The van der Waals surface area contributed by atoms with Crippen LogP contribution in [0.25, 0.3) is 0 Å². The summed E-state index contributed by atoms with van der Waals surface area (Å²) in [4.78, 5) is 0. The number of aliphatic hydroxyl groups is 19. The fraction of sp³-hybridized carbons (Fsp3) is 1.00. The molecule has 30 atom stereocenters. The molecule has 0 aromatic carbocycles. The molecule has 31 nitrogen and oxygen atoms in total. The predicted octanol–water partition coefficient (Wildman–Crippen LogP) is -10.7. The lowest BCUT2D eigenvalue weighted by Crippen LogP contribution is -2.68. The van der Waals surface area contributed by atoms with Crippen molar-refractivity contribution < 1.29 is 154 Å². The molecule has 6 fully saturated rings. The highest BCUT2D eigenvalue weighted by Gasteiger charge is 2.57. The molecule has 6 rings (SSSR count). The standard InChI is InChI=1S/C44H78O31/c1-2-3-4-5-6-7-8-64-41-33(61)37(25(53)19(71-41)13-65-39-30(58)27(55)21(49)15(9-45)67-39)75-43-34(62)36(24(52)18(12-48)70-43)74-44-35(63)38(73-42-32(60)29(57)23(51)17(11-47)69-42)26(54)20(72-44)14-66-40-31(59)28(56)22(50)16(10-46)68-40/h15-63H,2-14H2,1H3/t15?,16?,17?,18?,19?,20?,21?,22?,23?,24?,25?,26-,27?,28?,29?,30?,31?,32?,33?,34?,35?,36?,37?,38?,39?,40?,41?,42?,43?,44?/m0/s1. The van der Waals surface area contributed by atoms with Gasteiger partial charge in [0.15, 0.2) is 37.7 Å². The average Bonchev–Trinajstić information content (AvgIpc) is 3.40. The van der Waals surface area contributed by atoms with Gasteiger partial charge in [0, 0.05) is 6.61 Å². The summed E-state index contributed by atoms with van der Waals surface area (Å²) in [5, 5.41) is 203. The summed E-state index contributed by atoms with van der Waals surface area (Å²) in [6, 6.07) is 0. The Morgan fingerprint density at radius 1 is 0.280 bits per heavy atom. The number of rotatable bonds is 24. The average molecular weight is 1100 g/mol. The van der Waals surface area contributed by atoms with E-state index in [1.807, 2.05) is 0 Å². The van der Waals surface area contributed by atoms with Crippen LogP contribution >= 0.6 is 0 Å². The van der Waals surface area contributed by atoms with Gasteiger partial charge in [-0.3, -0.25) is 0 Å². The fourth-order valence-corrected chi connectivity index (χ4v) is 9.49. The second kappa shape index (κ2) is 29.0. The van der Waals surface area contributed by atoms with Crippen LogP contribution in [0.15, 0.2) is 0 Å². The zero-order valence-electron chi connectivity index (χ0n) is 40.9. The zero-order chi connectivity index (χ0) is 55.0. The highest BCUT2D eigenvalue weighted by Crippen LogP contribution is 2.36. The van der Waals surface area contributed by atoms with Gasteiger partial charge in [-0.1, -0.05) is 39.0 Å². The topological polar surface area (TPSA) is 495 Å². The van der Waals surface area contributed by atoms with Gasteiger partial charge in [0.05, 0.1) is 39.6 Å². The maximum Gasteiger partial charge on any atom is 0.187 e.